The molecule has 3 rings (SSSR count). The molecular weight excluding hydrogens is 368 g/mol. The molecule has 2 N–H and O–H groups in total. The van der Waals surface area contributed by atoms with Crippen molar-refractivity contribution in [1.29, 1.82) is 5.41 Å². The predicted octanol–water partition coefficient (Wildman–Crippen LogP) is 3.81. The second kappa shape index (κ2) is 7.63. The van der Waals surface area contributed by atoms with Crippen molar-refractivity contribution < 1.29 is 4.79 Å². The van der Waals surface area contributed by atoms with Crippen LogP contribution >= 0.6 is 23.1 Å². The second-order valence-electron chi connectivity index (χ2n) is 5.36. The van der Waals surface area contributed by atoms with Gasteiger partial charge in [0.25, 0.3) is 0 Å². The molecule has 0 aliphatic rings. The summed E-state index contributed by atoms with van der Waals surface area (Å²) in [6.45, 7) is 5.24. The zero-order chi connectivity index (χ0) is 18.7. The molecule has 3 aromatic rings. The zero-order valence-electron chi connectivity index (χ0n) is 14.2. The topological polar surface area (TPSA) is 96.6 Å². The number of nitrogens with one attached hydrogen (secondary N) is 2. The second-order valence-corrected chi connectivity index (χ2v) is 7.21. The molecule has 0 bridgehead atoms. The smallest absolute Gasteiger partial charge is 0.215 e. The van der Waals surface area contributed by atoms with Gasteiger partial charge in [-0.3, -0.25) is 10.2 Å². The maximum atomic E-state index is 11.7. The van der Waals surface area contributed by atoms with Crippen molar-refractivity contribution in [1.82, 2.24) is 20.2 Å². The molecule has 0 aliphatic carbocycles. The lowest BCUT2D eigenvalue weighted by Crippen LogP contribution is -2.02. The number of benzene rings is 1. The van der Waals surface area contributed by atoms with E-state index in [4.69, 9.17) is 5.41 Å². The molecule has 26 heavy (non-hydrogen) atoms. The van der Waals surface area contributed by atoms with Gasteiger partial charge in [-0.15, -0.1) is 16.4 Å². The Morgan fingerprint density at radius 2 is 2.27 bits per heavy atom. The van der Waals surface area contributed by atoms with Gasteiger partial charge in [-0.1, -0.05) is 24.8 Å². The van der Waals surface area contributed by atoms with Crippen LogP contribution in [-0.2, 0) is 7.05 Å². The van der Waals surface area contributed by atoms with Gasteiger partial charge < -0.3 is 5.32 Å². The van der Waals surface area contributed by atoms with Crippen molar-refractivity contribution in [3.63, 3.8) is 0 Å². The third kappa shape index (κ3) is 3.58. The van der Waals surface area contributed by atoms with Crippen LogP contribution < -0.4 is 5.32 Å². The fraction of sp³-hybridized carbons (Fsp3) is 0.118. The van der Waals surface area contributed by atoms with Crippen LogP contribution in [0.5, 0.6) is 0 Å². The van der Waals surface area contributed by atoms with Gasteiger partial charge >= 0.3 is 0 Å². The highest BCUT2D eigenvalue weighted by Gasteiger charge is 2.20. The number of tetrazole rings is 1. The molecule has 0 aliphatic heterocycles. The quantitative estimate of drug-likeness (QED) is 0.290. The highest BCUT2D eigenvalue weighted by Crippen LogP contribution is 2.39. The van der Waals surface area contributed by atoms with Crippen LogP contribution in [-0.4, -0.2) is 31.0 Å². The Morgan fingerprint density at radius 3 is 2.92 bits per heavy atom. The molecule has 0 amide bonds. The molecule has 7 nitrogen and oxygen atoms in total. The van der Waals surface area contributed by atoms with Gasteiger partial charge in [0.15, 0.2) is 5.78 Å². The van der Waals surface area contributed by atoms with Crippen molar-refractivity contribution in [2.45, 2.75) is 12.1 Å². The van der Waals surface area contributed by atoms with Crippen LogP contribution in [0, 0.1) is 5.41 Å². The average Bonchev–Trinajstić information content (AvgIpc) is 3.22. The number of nitrogens with zero attached hydrogens (tertiary/aromatic N) is 4. The van der Waals surface area contributed by atoms with Crippen LogP contribution in [0.25, 0.3) is 11.1 Å². The summed E-state index contributed by atoms with van der Waals surface area (Å²) in [7, 11) is 1.73. The summed E-state index contributed by atoms with van der Waals surface area (Å²) >= 11 is 2.64. The number of rotatable bonds is 6. The number of carbonyl (C=O) groups is 1. The van der Waals surface area contributed by atoms with Crippen molar-refractivity contribution in [2.24, 2.45) is 7.05 Å². The maximum Gasteiger partial charge on any atom is 0.215 e. The van der Waals surface area contributed by atoms with E-state index >= 15 is 0 Å². The predicted molar refractivity (Wildman–Crippen MR) is 105 cm³/mol. The summed E-state index contributed by atoms with van der Waals surface area (Å²) in [5.41, 5.74) is 3.11. The van der Waals surface area contributed by atoms with Crippen molar-refractivity contribution in [3.05, 3.63) is 53.6 Å². The number of aryl methyl sites for hydroxylation is 1. The third-order valence-electron chi connectivity index (χ3n) is 3.61. The van der Waals surface area contributed by atoms with E-state index in [0.717, 1.165) is 21.7 Å². The lowest BCUT2D eigenvalue weighted by Gasteiger charge is -2.09. The minimum Gasteiger partial charge on any atom is -0.354 e. The van der Waals surface area contributed by atoms with Crippen molar-refractivity contribution >= 4 is 38.9 Å². The number of Topliss-reactive ketones (excluding diaryl/α,β-unsaturated/α-hetero) is 1. The number of aromatic nitrogens is 4. The minimum absolute atomic E-state index is 0.00248. The SMILES string of the molecule is C=CNc1scc(-c2cccc(C(C)=O)c2)c1C(=N)Sc1nnnn1C. The molecule has 0 atom stereocenters. The van der Waals surface area contributed by atoms with Crippen molar-refractivity contribution in [3.8, 4) is 11.1 Å². The Labute approximate surface area is 158 Å². The fourth-order valence-corrected chi connectivity index (χ4v) is 4.13. The Bertz CT molecular complexity index is 991. The van der Waals surface area contributed by atoms with E-state index < -0.39 is 0 Å². The molecule has 0 saturated heterocycles. The Morgan fingerprint density at radius 1 is 1.46 bits per heavy atom. The first-order chi connectivity index (χ1) is 12.5. The molecule has 0 radical (unpaired) electrons. The van der Waals surface area contributed by atoms with E-state index in [1.165, 1.54) is 34.7 Å². The van der Waals surface area contributed by atoms with Gasteiger partial charge in [0, 0.05) is 29.1 Å². The zero-order valence-corrected chi connectivity index (χ0v) is 15.8. The normalized spacial score (nSPS) is 10.5. The van der Waals surface area contributed by atoms with Gasteiger partial charge in [0.2, 0.25) is 5.16 Å². The van der Waals surface area contributed by atoms with Crippen LogP contribution in [0.1, 0.15) is 22.8 Å². The highest BCUT2D eigenvalue weighted by atomic mass is 32.2. The van der Waals surface area contributed by atoms with E-state index in [1.54, 1.807) is 19.3 Å². The number of anilines is 1. The maximum absolute atomic E-state index is 11.7. The van der Waals surface area contributed by atoms with E-state index in [2.05, 4.69) is 27.4 Å². The van der Waals surface area contributed by atoms with E-state index in [0.29, 0.717) is 15.8 Å². The van der Waals surface area contributed by atoms with E-state index in [9.17, 15) is 4.79 Å². The first kappa shape index (κ1) is 18.0. The largest absolute Gasteiger partial charge is 0.354 e. The lowest BCUT2D eigenvalue weighted by atomic mass is 10.0. The summed E-state index contributed by atoms with van der Waals surface area (Å²) in [6.07, 6.45) is 1.58. The third-order valence-corrected chi connectivity index (χ3v) is 5.45. The first-order valence-corrected chi connectivity index (χ1v) is 9.30. The highest BCUT2D eigenvalue weighted by molar-refractivity contribution is 8.14. The molecule has 0 spiro atoms. The summed E-state index contributed by atoms with van der Waals surface area (Å²) in [4.78, 5) is 11.7. The molecule has 132 valence electrons. The number of ketones is 1. The monoisotopic (exact) mass is 384 g/mol. The number of hydrogen-bond donors (Lipinski definition) is 2. The summed E-state index contributed by atoms with van der Waals surface area (Å²) in [6, 6.07) is 7.40. The van der Waals surface area contributed by atoms with Gasteiger partial charge in [0.05, 0.1) is 0 Å². The molecule has 0 fully saturated rings. The number of thiophene rings is 1. The molecule has 2 aromatic heterocycles. The molecule has 0 saturated carbocycles. The van der Waals surface area contributed by atoms with Crippen LogP contribution in [0.3, 0.4) is 0 Å². The van der Waals surface area contributed by atoms with Crippen LogP contribution in [0.2, 0.25) is 0 Å². The van der Waals surface area contributed by atoms with E-state index in [-0.39, 0.29) is 5.78 Å². The molecular formula is C17H16N6OS2. The molecule has 0 unspecified atom stereocenters. The standard InChI is InChI=1S/C17H16N6OS2/c1-4-19-16-14(15(18)26-17-20-21-22-23(17)3)13(9-25-16)12-7-5-6-11(8-12)10(2)24/h4-9,18-19H,1H2,2-3H3. The Kier molecular flexibility index (Phi) is 5.29. The Hall–Kier alpha value is -2.78. The summed E-state index contributed by atoms with van der Waals surface area (Å²) in [5, 5.41) is 26.6. The van der Waals surface area contributed by atoms with Gasteiger partial charge in [-0.05, 0) is 46.9 Å². The molecule has 1 aromatic carbocycles. The van der Waals surface area contributed by atoms with Gasteiger partial charge in [-0.2, -0.15) is 0 Å². The lowest BCUT2D eigenvalue weighted by molar-refractivity contribution is 0.101. The fourth-order valence-electron chi connectivity index (χ4n) is 2.35. The number of carbonyl (C=O) groups excluding carboxylic acids is 1. The van der Waals surface area contributed by atoms with Crippen LogP contribution in [0.4, 0.5) is 5.00 Å². The van der Waals surface area contributed by atoms with Gasteiger partial charge in [0.1, 0.15) is 10.0 Å². The van der Waals surface area contributed by atoms with Crippen molar-refractivity contribution in [2.75, 3.05) is 5.32 Å². The van der Waals surface area contributed by atoms with E-state index in [1.807, 2.05) is 23.6 Å². The van der Waals surface area contributed by atoms with Gasteiger partial charge in [-0.25, -0.2) is 4.68 Å². The number of thioether (sulfide) groups is 1. The summed E-state index contributed by atoms with van der Waals surface area (Å²) < 4.78 is 1.52. The number of hydrogen-bond acceptors (Lipinski definition) is 8. The summed E-state index contributed by atoms with van der Waals surface area (Å²) in [5.74, 6) is 0.00248. The average molecular weight is 384 g/mol. The molecule has 2 heterocycles. The molecule has 9 heteroatoms. The Balaban J connectivity index is 2.05. The van der Waals surface area contributed by atoms with Crippen LogP contribution in [0.15, 0.2) is 47.6 Å². The minimum atomic E-state index is 0.00248. The first-order valence-electron chi connectivity index (χ1n) is 7.60.